The van der Waals surface area contributed by atoms with Crippen molar-refractivity contribution in [2.24, 2.45) is 5.73 Å². The average Bonchev–Trinajstić information content (AvgIpc) is 2.77. The summed E-state index contributed by atoms with van der Waals surface area (Å²) in [5, 5.41) is 5.65. The molecule has 2 amide bonds. The second-order valence-electron chi connectivity index (χ2n) is 3.73. The Kier molecular flexibility index (Phi) is 6.23. The van der Waals surface area contributed by atoms with Gasteiger partial charge in [-0.2, -0.15) is 0 Å². The second-order valence-corrected chi connectivity index (χ2v) is 4.57. The highest BCUT2D eigenvalue weighted by atomic mass is 32.1. The van der Waals surface area contributed by atoms with Gasteiger partial charge in [0.25, 0.3) is 0 Å². The van der Waals surface area contributed by atoms with Crippen molar-refractivity contribution < 1.29 is 14.3 Å². The van der Waals surface area contributed by atoms with Crippen LogP contribution in [0.4, 0.5) is 9.93 Å². The average molecular weight is 286 g/mol. The van der Waals surface area contributed by atoms with E-state index in [9.17, 15) is 9.59 Å². The van der Waals surface area contributed by atoms with Crippen LogP contribution in [0.1, 0.15) is 19.5 Å². The lowest BCUT2D eigenvalue weighted by atomic mass is 10.5. The van der Waals surface area contributed by atoms with Gasteiger partial charge < -0.3 is 15.8 Å². The van der Waals surface area contributed by atoms with E-state index in [1.807, 2.05) is 12.3 Å². The number of rotatable bonds is 7. The Morgan fingerprint density at radius 3 is 2.89 bits per heavy atom. The molecule has 106 valence electrons. The number of hydrogen-bond acceptors (Lipinski definition) is 6. The molecule has 0 atom stereocenters. The summed E-state index contributed by atoms with van der Waals surface area (Å²) in [6.07, 6.45) is -0.780. The number of nitrogens with zero attached hydrogens (tertiary/aromatic N) is 2. The molecule has 0 fully saturated rings. The first-order chi connectivity index (χ1) is 9.04. The summed E-state index contributed by atoms with van der Waals surface area (Å²) in [7, 11) is 0. The number of thiazole rings is 1. The summed E-state index contributed by atoms with van der Waals surface area (Å²) in [4.78, 5) is 27.7. The highest BCUT2D eigenvalue weighted by Crippen LogP contribution is 2.20. The molecule has 1 rings (SSSR count). The summed E-state index contributed by atoms with van der Waals surface area (Å²) in [5.41, 5.74) is 5.68. The highest BCUT2D eigenvalue weighted by Gasteiger charge is 2.12. The molecule has 0 radical (unpaired) electrons. The summed E-state index contributed by atoms with van der Waals surface area (Å²) in [6.45, 7) is 5.29. The van der Waals surface area contributed by atoms with Crippen LogP contribution in [0.25, 0.3) is 0 Å². The van der Waals surface area contributed by atoms with E-state index in [0.717, 1.165) is 5.69 Å². The fraction of sp³-hybridized carbons (Fsp3) is 0.545. The molecule has 0 bridgehead atoms. The van der Waals surface area contributed by atoms with Crippen LogP contribution in [0.5, 0.6) is 0 Å². The molecule has 1 heterocycles. The molecule has 1 aromatic heterocycles. The molecular weight excluding hydrogens is 268 g/mol. The quantitative estimate of drug-likeness (QED) is 0.719. The van der Waals surface area contributed by atoms with Crippen molar-refractivity contribution in [3.8, 4) is 0 Å². The molecule has 0 aliphatic carbocycles. The van der Waals surface area contributed by atoms with Crippen molar-refractivity contribution in [2.75, 3.05) is 24.6 Å². The van der Waals surface area contributed by atoms with Gasteiger partial charge in [0, 0.05) is 31.9 Å². The molecule has 8 heteroatoms. The van der Waals surface area contributed by atoms with Crippen molar-refractivity contribution >= 4 is 28.5 Å². The van der Waals surface area contributed by atoms with Gasteiger partial charge in [-0.15, -0.1) is 11.3 Å². The second kappa shape index (κ2) is 7.70. The molecule has 3 N–H and O–H groups in total. The molecule has 0 aromatic carbocycles. The van der Waals surface area contributed by atoms with Crippen molar-refractivity contribution in [1.29, 1.82) is 0 Å². The normalized spacial score (nSPS) is 10.2. The number of primary amides is 1. The fourth-order valence-electron chi connectivity index (χ4n) is 1.43. The third-order valence-electron chi connectivity index (χ3n) is 2.30. The molecule has 0 saturated heterocycles. The lowest BCUT2D eigenvalue weighted by Gasteiger charge is -2.14. The Labute approximate surface area is 115 Å². The van der Waals surface area contributed by atoms with Gasteiger partial charge >= 0.3 is 6.09 Å². The summed E-state index contributed by atoms with van der Waals surface area (Å²) in [6, 6.07) is 0. The first-order valence-corrected chi connectivity index (χ1v) is 6.78. The monoisotopic (exact) mass is 286 g/mol. The zero-order valence-corrected chi connectivity index (χ0v) is 11.8. The van der Waals surface area contributed by atoms with Crippen LogP contribution in [0.15, 0.2) is 5.38 Å². The maximum absolute atomic E-state index is 11.4. The minimum atomic E-state index is -0.780. The number of ether oxygens (including phenoxy) is 1. The predicted molar refractivity (Wildman–Crippen MR) is 73.1 cm³/mol. The number of aromatic nitrogens is 1. The first kappa shape index (κ1) is 15.4. The van der Waals surface area contributed by atoms with Gasteiger partial charge in [-0.1, -0.05) is 0 Å². The van der Waals surface area contributed by atoms with E-state index in [4.69, 9.17) is 5.73 Å². The Morgan fingerprint density at radius 2 is 2.32 bits per heavy atom. The van der Waals surface area contributed by atoms with Gasteiger partial charge in [-0.25, -0.2) is 9.78 Å². The number of nitrogens with one attached hydrogen (secondary N) is 1. The number of carbonyl (C=O) groups excluding carboxylic acids is 2. The molecule has 19 heavy (non-hydrogen) atoms. The summed E-state index contributed by atoms with van der Waals surface area (Å²) in [5.74, 6) is -0.0220. The number of anilines is 1. The van der Waals surface area contributed by atoms with Gasteiger partial charge in [0.2, 0.25) is 5.91 Å². The Bertz CT molecular complexity index is 435. The SMILES string of the molecule is CCN(C(C)=O)c1nc(CNCCOC(N)=O)cs1. The predicted octanol–water partition coefficient (Wildman–Crippen LogP) is 0.701. The molecule has 0 aliphatic heterocycles. The van der Waals surface area contributed by atoms with E-state index in [0.29, 0.717) is 24.8 Å². The molecular formula is C11H18N4O3S. The third-order valence-corrected chi connectivity index (χ3v) is 3.21. The lowest BCUT2D eigenvalue weighted by molar-refractivity contribution is -0.116. The Hall–Kier alpha value is -1.67. The van der Waals surface area contributed by atoms with Gasteiger partial charge in [-0.3, -0.25) is 9.69 Å². The number of nitrogens with two attached hydrogens (primary N) is 1. The lowest BCUT2D eigenvalue weighted by Crippen LogP contribution is -2.28. The smallest absolute Gasteiger partial charge is 0.404 e. The maximum atomic E-state index is 11.4. The van der Waals surface area contributed by atoms with Crippen LogP contribution in [0, 0.1) is 0 Å². The number of hydrogen-bond donors (Lipinski definition) is 2. The van der Waals surface area contributed by atoms with Gasteiger partial charge in [0.1, 0.15) is 6.61 Å². The van der Waals surface area contributed by atoms with E-state index in [1.54, 1.807) is 4.90 Å². The van der Waals surface area contributed by atoms with Gasteiger partial charge in [0.05, 0.1) is 5.69 Å². The highest BCUT2D eigenvalue weighted by molar-refractivity contribution is 7.14. The first-order valence-electron chi connectivity index (χ1n) is 5.90. The largest absolute Gasteiger partial charge is 0.448 e. The summed E-state index contributed by atoms with van der Waals surface area (Å²) >= 11 is 1.43. The van der Waals surface area contributed by atoms with Crippen molar-refractivity contribution in [2.45, 2.75) is 20.4 Å². The van der Waals surface area contributed by atoms with E-state index >= 15 is 0 Å². The van der Waals surface area contributed by atoms with E-state index < -0.39 is 6.09 Å². The van der Waals surface area contributed by atoms with Crippen LogP contribution >= 0.6 is 11.3 Å². The van der Waals surface area contributed by atoms with E-state index in [2.05, 4.69) is 15.0 Å². The number of carbonyl (C=O) groups is 2. The van der Waals surface area contributed by atoms with Crippen LogP contribution in [0.3, 0.4) is 0 Å². The van der Waals surface area contributed by atoms with Crippen LogP contribution in [-0.2, 0) is 16.1 Å². The molecule has 0 spiro atoms. The molecule has 0 unspecified atom stereocenters. The standard InChI is InChI=1S/C11H18N4O3S/c1-3-15(8(2)16)11-14-9(7-19-11)6-13-4-5-18-10(12)17/h7,13H,3-6H2,1-2H3,(H2,12,17). The maximum Gasteiger partial charge on any atom is 0.404 e. The van der Waals surface area contributed by atoms with Crippen molar-refractivity contribution in [3.05, 3.63) is 11.1 Å². The van der Waals surface area contributed by atoms with E-state index in [1.165, 1.54) is 18.3 Å². The van der Waals surface area contributed by atoms with Crippen molar-refractivity contribution in [1.82, 2.24) is 10.3 Å². The Morgan fingerprint density at radius 1 is 1.58 bits per heavy atom. The number of amides is 2. The zero-order valence-electron chi connectivity index (χ0n) is 11.0. The van der Waals surface area contributed by atoms with Crippen LogP contribution in [0.2, 0.25) is 0 Å². The van der Waals surface area contributed by atoms with Crippen molar-refractivity contribution in [3.63, 3.8) is 0 Å². The minimum Gasteiger partial charge on any atom is -0.448 e. The Balaban J connectivity index is 2.38. The van der Waals surface area contributed by atoms with Crippen LogP contribution < -0.4 is 16.0 Å². The zero-order chi connectivity index (χ0) is 14.3. The topological polar surface area (TPSA) is 97.6 Å². The minimum absolute atomic E-state index is 0.0220. The van der Waals surface area contributed by atoms with Gasteiger partial charge in [-0.05, 0) is 6.92 Å². The third kappa shape index (κ3) is 5.23. The molecule has 0 saturated carbocycles. The van der Waals surface area contributed by atoms with Gasteiger partial charge in [0.15, 0.2) is 5.13 Å². The molecule has 1 aromatic rings. The molecule has 0 aliphatic rings. The fourth-order valence-corrected chi connectivity index (χ4v) is 2.37. The summed E-state index contributed by atoms with van der Waals surface area (Å²) < 4.78 is 4.58. The van der Waals surface area contributed by atoms with E-state index in [-0.39, 0.29) is 12.5 Å². The van der Waals surface area contributed by atoms with Crippen LogP contribution in [-0.4, -0.2) is 36.7 Å². The molecule has 7 nitrogen and oxygen atoms in total.